The van der Waals surface area contributed by atoms with Crippen LogP contribution in [0.1, 0.15) is 30.2 Å². The third-order valence-electron chi connectivity index (χ3n) is 3.41. The third-order valence-corrected chi connectivity index (χ3v) is 3.41. The molecule has 21 heavy (non-hydrogen) atoms. The number of nitrogens with two attached hydrogens (primary N) is 1. The first kappa shape index (κ1) is 15.5. The van der Waals surface area contributed by atoms with Crippen LogP contribution in [0.4, 0.5) is 0 Å². The van der Waals surface area contributed by atoms with Gasteiger partial charge in [-0.3, -0.25) is 11.3 Å². The van der Waals surface area contributed by atoms with Gasteiger partial charge < -0.3 is 9.47 Å². The predicted octanol–water partition coefficient (Wildman–Crippen LogP) is 2.98. The molecule has 0 aromatic heterocycles. The van der Waals surface area contributed by atoms with Crippen LogP contribution in [0.5, 0.6) is 5.75 Å². The van der Waals surface area contributed by atoms with Crippen molar-refractivity contribution in [3.05, 3.63) is 65.7 Å². The molecule has 3 N–H and O–H groups in total. The van der Waals surface area contributed by atoms with Crippen molar-refractivity contribution >= 4 is 0 Å². The topological polar surface area (TPSA) is 56.5 Å². The first-order chi connectivity index (χ1) is 10.3. The molecule has 0 heterocycles. The lowest BCUT2D eigenvalue weighted by Crippen LogP contribution is -2.33. The van der Waals surface area contributed by atoms with Crippen molar-refractivity contribution in [1.29, 1.82) is 0 Å². The van der Waals surface area contributed by atoms with E-state index in [1.807, 2.05) is 61.5 Å². The van der Waals surface area contributed by atoms with Gasteiger partial charge in [-0.1, -0.05) is 42.5 Å². The molecule has 112 valence electrons. The minimum atomic E-state index is -0.158. The summed E-state index contributed by atoms with van der Waals surface area (Å²) < 4.78 is 11.1. The van der Waals surface area contributed by atoms with Crippen molar-refractivity contribution < 1.29 is 9.47 Å². The molecular formula is C17H22N2O2. The Morgan fingerprint density at radius 1 is 1.00 bits per heavy atom. The lowest BCUT2D eigenvalue weighted by molar-refractivity contribution is 0.0676. The lowest BCUT2D eigenvalue weighted by atomic mass is 9.96. The van der Waals surface area contributed by atoms with E-state index in [9.17, 15) is 0 Å². The summed E-state index contributed by atoms with van der Waals surface area (Å²) in [5, 5.41) is 0. The zero-order valence-corrected chi connectivity index (χ0v) is 12.5. The van der Waals surface area contributed by atoms with Gasteiger partial charge in [0.05, 0.1) is 12.6 Å². The molecule has 2 aromatic rings. The summed E-state index contributed by atoms with van der Waals surface area (Å²) in [4.78, 5) is 0. The molecule has 4 nitrogen and oxygen atoms in total. The Hall–Kier alpha value is -1.88. The van der Waals surface area contributed by atoms with Gasteiger partial charge in [-0.15, -0.1) is 0 Å². The second kappa shape index (κ2) is 7.78. The number of hydrogen-bond donors (Lipinski definition) is 2. The molecule has 0 saturated heterocycles. The van der Waals surface area contributed by atoms with E-state index in [4.69, 9.17) is 15.3 Å². The smallest absolute Gasteiger partial charge is 0.119 e. The largest absolute Gasteiger partial charge is 0.494 e. The van der Waals surface area contributed by atoms with Gasteiger partial charge in [0.2, 0.25) is 0 Å². The molecule has 0 bridgehead atoms. The summed E-state index contributed by atoms with van der Waals surface area (Å²) in [7, 11) is 1.69. The second-order valence-corrected chi connectivity index (χ2v) is 4.71. The summed E-state index contributed by atoms with van der Waals surface area (Å²) >= 11 is 0. The van der Waals surface area contributed by atoms with Gasteiger partial charge >= 0.3 is 0 Å². The van der Waals surface area contributed by atoms with Crippen LogP contribution >= 0.6 is 0 Å². The zero-order chi connectivity index (χ0) is 15.1. The van der Waals surface area contributed by atoms with Gasteiger partial charge in [-0.2, -0.15) is 0 Å². The van der Waals surface area contributed by atoms with Crippen LogP contribution in [-0.2, 0) is 4.74 Å². The van der Waals surface area contributed by atoms with Crippen molar-refractivity contribution in [2.24, 2.45) is 5.84 Å². The average molecular weight is 286 g/mol. The number of rotatable bonds is 7. The van der Waals surface area contributed by atoms with Crippen LogP contribution in [-0.4, -0.2) is 13.7 Å². The molecule has 0 amide bonds. The van der Waals surface area contributed by atoms with E-state index in [1.54, 1.807) is 7.11 Å². The molecule has 0 aliphatic carbocycles. The highest BCUT2D eigenvalue weighted by atomic mass is 16.5. The summed E-state index contributed by atoms with van der Waals surface area (Å²) in [5.74, 6) is 6.61. The quantitative estimate of drug-likeness (QED) is 0.607. The number of benzene rings is 2. The molecule has 4 heteroatoms. The van der Waals surface area contributed by atoms with Gasteiger partial charge in [0.25, 0.3) is 0 Å². The maximum Gasteiger partial charge on any atom is 0.119 e. The Morgan fingerprint density at radius 2 is 1.67 bits per heavy atom. The van der Waals surface area contributed by atoms with Crippen LogP contribution in [0.25, 0.3) is 0 Å². The highest BCUT2D eigenvalue weighted by Crippen LogP contribution is 2.31. The van der Waals surface area contributed by atoms with Crippen LogP contribution in [0.3, 0.4) is 0 Å². The molecule has 0 saturated carbocycles. The molecule has 2 unspecified atom stereocenters. The standard InChI is InChI=1S/C17H22N2O2/c1-3-21-15-11-9-13(10-12-15)16(19-18)17(20-2)14-7-5-4-6-8-14/h4-12,16-17,19H,3,18H2,1-2H3. The van der Waals surface area contributed by atoms with Crippen molar-refractivity contribution in [1.82, 2.24) is 5.43 Å². The van der Waals surface area contributed by atoms with Crippen LogP contribution in [0.15, 0.2) is 54.6 Å². The molecule has 0 radical (unpaired) electrons. The zero-order valence-electron chi connectivity index (χ0n) is 12.5. The number of hydrazine groups is 1. The van der Waals surface area contributed by atoms with E-state index >= 15 is 0 Å². The summed E-state index contributed by atoms with van der Waals surface area (Å²) in [5.41, 5.74) is 4.99. The maximum absolute atomic E-state index is 5.75. The van der Waals surface area contributed by atoms with Crippen LogP contribution in [0.2, 0.25) is 0 Å². The summed E-state index contributed by atoms with van der Waals surface area (Å²) in [6.45, 7) is 2.62. The Kier molecular flexibility index (Phi) is 5.75. The minimum Gasteiger partial charge on any atom is -0.494 e. The number of ether oxygens (including phenoxy) is 2. The first-order valence-electron chi connectivity index (χ1n) is 7.06. The first-order valence-corrected chi connectivity index (χ1v) is 7.06. The predicted molar refractivity (Wildman–Crippen MR) is 83.9 cm³/mol. The van der Waals surface area contributed by atoms with Crippen molar-refractivity contribution in [3.63, 3.8) is 0 Å². The van der Waals surface area contributed by atoms with Gasteiger partial charge in [0.1, 0.15) is 11.9 Å². The molecule has 0 aliphatic rings. The van der Waals surface area contributed by atoms with Crippen molar-refractivity contribution in [2.45, 2.75) is 19.1 Å². The van der Waals surface area contributed by atoms with Crippen molar-refractivity contribution in [3.8, 4) is 5.75 Å². The normalized spacial score (nSPS) is 13.7. The van der Waals surface area contributed by atoms with E-state index in [0.29, 0.717) is 6.61 Å². The minimum absolute atomic E-state index is 0.131. The van der Waals surface area contributed by atoms with E-state index in [0.717, 1.165) is 16.9 Å². The van der Waals surface area contributed by atoms with Gasteiger partial charge in [0.15, 0.2) is 0 Å². The van der Waals surface area contributed by atoms with Crippen molar-refractivity contribution in [2.75, 3.05) is 13.7 Å². The fourth-order valence-corrected chi connectivity index (χ4v) is 2.40. The van der Waals surface area contributed by atoms with E-state index in [-0.39, 0.29) is 12.1 Å². The molecule has 2 rings (SSSR count). The van der Waals surface area contributed by atoms with Crippen LogP contribution in [0, 0.1) is 0 Å². The fourth-order valence-electron chi connectivity index (χ4n) is 2.40. The molecular weight excluding hydrogens is 264 g/mol. The summed E-state index contributed by atoms with van der Waals surface area (Å²) in [6, 6.07) is 17.8. The molecule has 0 fully saturated rings. The maximum atomic E-state index is 5.75. The van der Waals surface area contributed by atoms with Crippen LogP contribution < -0.4 is 16.0 Å². The van der Waals surface area contributed by atoms with Gasteiger partial charge in [0, 0.05) is 7.11 Å². The Labute approximate surface area is 125 Å². The average Bonchev–Trinajstić information content (AvgIpc) is 2.54. The van der Waals surface area contributed by atoms with E-state index < -0.39 is 0 Å². The third kappa shape index (κ3) is 3.82. The SMILES string of the molecule is CCOc1ccc(C(NN)C(OC)c2ccccc2)cc1. The molecule has 2 atom stereocenters. The van der Waals surface area contributed by atoms with Gasteiger partial charge in [-0.05, 0) is 30.2 Å². The van der Waals surface area contributed by atoms with E-state index in [1.165, 1.54) is 0 Å². The molecule has 0 aliphatic heterocycles. The van der Waals surface area contributed by atoms with Gasteiger partial charge in [-0.25, -0.2) is 0 Å². The number of hydrogen-bond acceptors (Lipinski definition) is 4. The highest BCUT2D eigenvalue weighted by Gasteiger charge is 2.23. The monoisotopic (exact) mass is 286 g/mol. The number of nitrogens with one attached hydrogen (secondary N) is 1. The summed E-state index contributed by atoms with van der Waals surface area (Å²) in [6.07, 6.45) is -0.158. The van der Waals surface area contributed by atoms with E-state index in [2.05, 4.69) is 5.43 Å². The Morgan fingerprint density at radius 3 is 2.19 bits per heavy atom. The Balaban J connectivity index is 2.24. The Bertz CT molecular complexity index is 528. The number of methoxy groups -OCH3 is 1. The molecule has 0 spiro atoms. The second-order valence-electron chi connectivity index (χ2n) is 4.71. The lowest BCUT2D eigenvalue weighted by Gasteiger charge is -2.26. The highest BCUT2D eigenvalue weighted by molar-refractivity contribution is 5.31. The molecule has 2 aromatic carbocycles. The fraction of sp³-hybridized carbons (Fsp3) is 0.294.